The van der Waals surface area contributed by atoms with E-state index in [-0.39, 0.29) is 24.9 Å². The molecule has 3 aliphatic rings. The molecule has 2 saturated heterocycles. The largest absolute Gasteiger partial charge is 0.339 e. The number of hydrogen-bond acceptors (Lipinski definition) is 4. The Labute approximate surface area is 146 Å². The van der Waals surface area contributed by atoms with Crippen LogP contribution >= 0.6 is 0 Å². The normalized spacial score (nSPS) is 21.6. The van der Waals surface area contributed by atoms with Gasteiger partial charge in [-0.15, -0.1) is 0 Å². The van der Waals surface area contributed by atoms with Crippen LogP contribution in [0.1, 0.15) is 11.1 Å². The van der Waals surface area contributed by atoms with Crippen LogP contribution in [0.2, 0.25) is 0 Å². The van der Waals surface area contributed by atoms with Gasteiger partial charge in [-0.05, 0) is 24.0 Å². The van der Waals surface area contributed by atoms with Crippen LogP contribution < -0.4 is 5.32 Å². The van der Waals surface area contributed by atoms with E-state index >= 15 is 0 Å². The van der Waals surface area contributed by atoms with Crippen molar-refractivity contribution in [3.63, 3.8) is 0 Å². The maximum atomic E-state index is 12.4. The molecular formula is C18H22N4O3. The van der Waals surface area contributed by atoms with Gasteiger partial charge in [-0.1, -0.05) is 24.3 Å². The summed E-state index contributed by atoms with van der Waals surface area (Å²) < 4.78 is 0. The Morgan fingerprint density at radius 3 is 2.24 bits per heavy atom. The number of nitrogens with zero attached hydrogens (tertiary/aromatic N) is 3. The summed E-state index contributed by atoms with van der Waals surface area (Å²) in [5.74, 6) is -0.486. The number of carbonyl (C=O) groups is 3. The Hall–Kier alpha value is -2.41. The van der Waals surface area contributed by atoms with Crippen LogP contribution in [0, 0.1) is 0 Å². The number of fused-ring (bicyclic) bond motifs is 1. The van der Waals surface area contributed by atoms with E-state index < -0.39 is 6.03 Å². The number of benzene rings is 1. The zero-order valence-electron chi connectivity index (χ0n) is 14.1. The molecule has 1 N–H and O–H groups in total. The minimum atomic E-state index is -0.472. The van der Waals surface area contributed by atoms with E-state index in [1.807, 2.05) is 0 Å². The van der Waals surface area contributed by atoms with E-state index in [1.54, 1.807) is 4.90 Å². The van der Waals surface area contributed by atoms with Gasteiger partial charge < -0.3 is 10.2 Å². The minimum absolute atomic E-state index is 0.0118. The molecule has 0 unspecified atom stereocenters. The van der Waals surface area contributed by atoms with Crippen molar-refractivity contribution in [2.75, 3.05) is 39.3 Å². The summed E-state index contributed by atoms with van der Waals surface area (Å²) in [6.45, 7) is 2.81. The number of urea groups is 1. The first kappa shape index (κ1) is 16.1. The number of piperazine rings is 1. The maximum Gasteiger partial charge on any atom is 0.325 e. The molecule has 7 nitrogen and oxygen atoms in total. The molecule has 7 heteroatoms. The fourth-order valence-corrected chi connectivity index (χ4v) is 3.98. The first-order valence-electron chi connectivity index (χ1n) is 8.78. The highest BCUT2D eigenvalue weighted by atomic mass is 16.2. The molecule has 1 aliphatic carbocycles. The Morgan fingerprint density at radius 2 is 1.68 bits per heavy atom. The van der Waals surface area contributed by atoms with Crippen molar-refractivity contribution in [1.82, 2.24) is 20.0 Å². The number of amides is 4. The van der Waals surface area contributed by atoms with Crippen molar-refractivity contribution in [2.45, 2.75) is 18.9 Å². The lowest BCUT2D eigenvalue weighted by Gasteiger charge is -2.38. The predicted molar refractivity (Wildman–Crippen MR) is 90.9 cm³/mol. The maximum absolute atomic E-state index is 12.4. The molecule has 4 amide bonds. The zero-order chi connectivity index (χ0) is 17.4. The molecule has 25 heavy (non-hydrogen) atoms. The molecule has 0 atom stereocenters. The van der Waals surface area contributed by atoms with E-state index in [1.165, 1.54) is 11.1 Å². The highest BCUT2D eigenvalue weighted by molar-refractivity contribution is 6.04. The van der Waals surface area contributed by atoms with Crippen molar-refractivity contribution in [1.29, 1.82) is 0 Å². The van der Waals surface area contributed by atoms with Gasteiger partial charge in [0.15, 0.2) is 0 Å². The van der Waals surface area contributed by atoms with Gasteiger partial charge in [0.05, 0.1) is 6.54 Å². The van der Waals surface area contributed by atoms with Crippen LogP contribution in [0.25, 0.3) is 0 Å². The number of nitrogens with one attached hydrogen (secondary N) is 1. The lowest BCUT2D eigenvalue weighted by molar-refractivity contribution is -0.138. The Bertz CT molecular complexity index is 671. The fourth-order valence-electron chi connectivity index (χ4n) is 3.98. The number of hydrogen-bond donors (Lipinski definition) is 1. The molecule has 0 saturated carbocycles. The summed E-state index contributed by atoms with van der Waals surface area (Å²) in [7, 11) is 0. The summed E-state index contributed by atoms with van der Waals surface area (Å²) in [6, 6.07) is 8.63. The third-order valence-corrected chi connectivity index (χ3v) is 5.44. The fraction of sp³-hybridized carbons (Fsp3) is 0.500. The third-order valence-electron chi connectivity index (χ3n) is 5.44. The summed E-state index contributed by atoms with van der Waals surface area (Å²) in [5, 5.41) is 2.44. The Balaban J connectivity index is 1.29. The second kappa shape index (κ2) is 6.48. The van der Waals surface area contributed by atoms with Crippen molar-refractivity contribution < 1.29 is 14.4 Å². The van der Waals surface area contributed by atoms with Crippen LogP contribution in [0.3, 0.4) is 0 Å². The number of imide groups is 1. The number of rotatable bonds is 3. The SMILES string of the molecule is O=C(CN1C(=O)CNC1=O)N1CCN(C2Cc3ccccc3C2)CC1. The van der Waals surface area contributed by atoms with Crippen molar-refractivity contribution in [3.05, 3.63) is 35.4 Å². The molecule has 2 aliphatic heterocycles. The standard InChI is InChI=1S/C18H22N4O3/c23-16-11-19-18(25)22(16)12-17(24)21-7-5-20(6-8-21)15-9-13-3-1-2-4-14(13)10-15/h1-4,15H,5-12H2,(H,19,25). The summed E-state index contributed by atoms with van der Waals surface area (Å²) in [4.78, 5) is 40.8. The molecule has 1 aromatic carbocycles. The monoisotopic (exact) mass is 342 g/mol. The summed E-state index contributed by atoms with van der Waals surface area (Å²) >= 11 is 0. The van der Waals surface area contributed by atoms with Gasteiger partial charge in [-0.25, -0.2) is 4.79 Å². The molecule has 0 aromatic heterocycles. The second-order valence-corrected chi connectivity index (χ2v) is 6.89. The molecule has 0 spiro atoms. The van der Waals surface area contributed by atoms with Crippen LogP contribution in [-0.4, -0.2) is 77.9 Å². The highest BCUT2D eigenvalue weighted by Gasteiger charge is 2.34. The molecule has 2 heterocycles. The van der Waals surface area contributed by atoms with Gasteiger partial charge in [-0.3, -0.25) is 19.4 Å². The molecule has 1 aromatic rings. The van der Waals surface area contributed by atoms with Crippen LogP contribution in [0.15, 0.2) is 24.3 Å². The first-order chi connectivity index (χ1) is 12.1. The van der Waals surface area contributed by atoms with Gasteiger partial charge in [0.2, 0.25) is 5.91 Å². The number of carbonyl (C=O) groups excluding carboxylic acids is 3. The van der Waals surface area contributed by atoms with Gasteiger partial charge in [0, 0.05) is 32.2 Å². The summed E-state index contributed by atoms with van der Waals surface area (Å²) in [6.07, 6.45) is 2.15. The second-order valence-electron chi connectivity index (χ2n) is 6.89. The molecule has 0 radical (unpaired) electrons. The summed E-state index contributed by atoms with van der Waals surface area (Å²) in [5.41, 5.74) is 2.87. The van der Waals surface area contributed by atoms with Crippen molar-refractivity contribution >= 4 is 17.8 Å². The van der Waals surface area contributed by atoms with Gasteiger partial charge >= 0.3 is 6.03 Å². The van der Waals surface area contributed by atoms with Gasteiger partial charge in [-0.2, -0.15) is 0 Å². The molecule has 132 valence electrons. The lowest BCUT2D eigenvalue weighted by atomic mass is 10.1. The van der Waals surface area contributed by atoms with Crippen LogP contribution in [0.4, 0.5) is 4.79 Å². The molecule has 0 bridgehead atoms. The lowest BCUT2D eigenvalue weighted by Crippen LogP contribution is -2.54. The Morgan fingerprint density at radius 1 is 1.04 bits per heavy atom. The first-order valence-corrected chi connectivity index (χ1v) is 8.78. The zero-order valence-corrected chi connectivity index (χ0v) is 14.1. The van der Waals surface area contributed by atoms with Gasteiger partial charge in [0.1, 0.15) is 6.54 Å². The van der Waals surface area contributed by atoms with E-state index in [0.717, 1.165) is 30.8 Å². The minimum Gasteiger partial charge on any atom is -0.339 e. The predicted octanol–water partition coefficient (Wildman–Crippen LogP) is -0.150. The average molecular weight is 342 g/mol. The molecule has 4 rings (SSSR count). The smallest absolute Gasteiger partial charge is 0.325 e. The topological polar surface area (TPSA) is 73.0 Å². The van der Waals surface area contributed by atoms with Gasteiger partial charge in [0.25, 0.3) is 5.91 Å². The van der Waals surface area contributed by atoms with Crippen LogP contribution in [-0.2, 0) is 22.4 Å². The van der Waals surface area contributed by atoms with E-state index in [0.29, 0.717) is 19.1 Å². The highest BCUT2D eigenvalue weighted by Crippen LogP contribution is 2.26. The molecular weight excluding hydrogens is 320 g/mol. The van der Waals surface area contributed by atoms with E-state index in [2.05, 4.69) is 34.5 Å². The van der Waals surface area contributed by atoms with E-state index in [4.69, 9.17) is 0 Å². The Kier molecular flexibility index (Phi) is 4.17. The van der Waals surface area contributed by atoms with Crippen LogP contribution in [0.5, 0.6) is 0 Å². The van der Waals surface area contributed by atoms with E-state index in [9.17, 15) is 14.4 Å². The average Bonchev–Trinajstić information content (AvgIpc) is 3.20. The molecule has 2 fully saturated rings. The van der Waals surface area contributed by atoms with Crippen molar-refractivity contribution in [3.8, 4) is 0 Å². The van der Waals surface area contributed by atoms with Crippen molar-refractivity contribution in [2.24, 2.45) is 0 Å². The quantitative estimate of drug-likeness (QED) is 0.776. The third kappa shape index (κ3) is 3.11.